The maximum absolute atomic E-state index is 11.6. The number of aliphatic imine (C=N–C) groups is 1. The van der Waals surface area contributed by atoms with E-state index >= 15 is 0 Å². The van der Waals surface area contributed by atoms with Gasteiger partial charge in [-0.05, 0) is 18.2 Å². The number of hydrogen-bond acceptors (Lipinski definition) is 7. The van der Waals surface area contributed by atoms with Crippen LogP contribution in [0.2, 0.25) is 0 Å². The average molecular weight is 318 g/mol. The molecule has 112 valence electrons. The van der Waals surface area contributed by atoms with E-state index in [0.29, 0.717) is 10.9 Å². The van der Waals surface area contributed by atoms with Crippen LogP contribution in [0.3, 0.4) is 0 Å². The van der Waals surface area contributed by atoms with E-state index in [0.717, 1.165) is 16.4 Å². The predicted molar refractivity (Wildman–Crippen MR) is 82.8 cm³/mol. The number of H-pyrrole nitrogens is 2. The van der Waals surface area contributed by atoms with Gasteiger partial charge in [-0.1, -0.05) is 11.3 Å². The van der Waals surface area contributed by atoms with Crippen LogP contribution in [-0.2, 0) is 0 Å². The molecule has 0 aliphatic rings. The van der Waals surface area contributed by atoms with Crippen LogP contribution in [0.15, 0.2) is 32.8 Å². The first kappa shape index (κ1) is 14.0. The number of aromatic nitrogens is 3. The molecule has 1 aromatic carbocycles. The zero-order chi connectivity index (χ0) is 15.7. The highest BCUT2D eigenvalue weighted by Crippen LogP contribution is 2.30. The Labute approximate surface area is 126 Å². The fraction of sp³-hybridized carbons (Fsp3) is 0.0769. The Morgan fingerprint density at radius 3 is 2.91 bits per heavy atom. The number of thiazole rings is 1. The lowest BCUT2D eigenvalue weighted by atomic mass is 10.3. The molecule has 0 aliphatic heterocycles. The van der Waals surface area contributed by atoms with Crippen LogP contribution in [0, 0.1) is 0 Å². The van der Waals surface area contributed by atoms with Crippen molar-refractivity contribution >= 4 is 32.9 Å². The molecular formula is C13H10N4O4S. The average Bonchev–Trinajstić information content (AvgIpc) is 2.87. The molecule has 3 rings (SSSR count). The number of fused-ring (bicyclic) bond motifs is 1. The molecule has 0 saturated carbocycles. The highest BCUT2D eigenvalue weighted by Gasteiger charge is 2.07. The number of nitrogens with zero attached hydrogens (tertiary/aromatic N) is 2. The lowest BCUT2D eigenvalue weighted by Gasteiger charge is -1.96. The molecule has 0 radical (unpaired) electrons. The van der Waals surface area contributed by atoms with Crippen molar-refractivity contribution in [2.75, 3.05) is 7.11 Å². The first-order valence-corrected chi connectivity index (χ1v) is 6.92. The molecule has 3 N–H and O–H groups in total. The molecule has 2 aromatic heterocycles. The largest absolute Gasteiger partial charge is 0.497 e. The van der Waals surface area contributed by atoms with E-state index < -0.39 is 17.1 Å². The van der Waals surface area contributed by atoms with Gasteiger partial charge in [-0.25, -0.2) is 14.8 Å². The van der Waals surface area contributed by atoms with Crippen LogP contribution >= 0.6 is 11.3 Å². The van der Waals surface area contributed by atoms with Gasteiger partial charge in [-0.15, -0.1) is 0 Å². The summed E-state index contributed by atoms with van der Waals surface area (Å²) in [6.07, 6.45) is 1.15. The Hall–Kier alpha value is -2.94. The van der Waals surface area contributed by atoms with E-state index in [1.807, 2.05) is 11.1 Å². The second-order valence-corrected chi connectivity index (χ2v) is 5.27. The number of hydrogen-bond donors (Lipinski definition) is 3. The van der Waals surface area contributed by atoms with Crippen LogP contribution < -0.4 is 16.0 Å². The Morgan fingerprint density at radius 2 is 2.18 bits per heavy atom. The standard InChI is InChI=1S/C13H10N4O4S/c1-21-6-2-3-8-9(4-6)22-13(15-8)14-5-7-10(18)16-12(20)17-11(7)19/h2-5H,1H3,(H3,16,17,18,19,20)/b14-5+. The minimum Gasteiger partial charge on any atom is -0.497 e. The minimum atomic E-state index is -0.785. The molecule has 0 fully saturated rings. The Bertz CT molecular complexity index is 986. The first-order chi connectivity index (χ1) is 10.6. The number of methoxy groups -OCH3 is 1. The molecule has 3 aromatic rings. The van der Waals surface area contributed by atoms with Crippen LogP contribution in [-0.4, -0.2) is 33.4 Å². The molecule has 0 unspecified atom stereocenters. The van der Waals surface area contributed by atoms with Crippen molar-refractivity contribution in [2.24, 2.45) is 4.99 Å². The van der Waals surface area contributed by atoms with Gasteiger partial charge in [0, 0.05) is 6.21 Å². The molecule has 9 heteroatoms. The third kappa shape index (κ3) is 2.61. The maximum Gasteiger partial charge on any atom is 0.328 e. The highest BCUT2D eigenvalue weighted by atomic mass is 32.1. The van der Waals surface area contributed by atoms with E-state index in [4.69, 9.17) is 4.74 Å². The molecule has 2 heterocycles. The van der Waals surface area contributed by atoms with Crippen molar-refractivity contribution in [1.29, 1.82) is 0 Å². The molecule has 0 amide bonds. The maximum atomic E-state index is 11.6. The molecule has 0 spiro atoms. The van der Waals surface area contributed by atoms with E-state index in [2.05, 4.69) is 15.0 Å². The molecule has 0 atom stereocenters. The zero-order valence-electron chi connectivity index (χ0n) is 11.3. The Balaban J connectivity index is 1.99. The molecule has 0 saturated heterocycles. The van der Waals surface area contributed by atoms with Gasteiger partial charge in [-0.3, -0.25) is 14.8 Å². The van der Waals surface area contributed by atoms with Crippen LogP contribution in [0.5, 0.6) is 11.6 Å². The minimum absolute atomic E-state index is 0.142. The van der Waals surface area contributed by atoms with Gasteiger partial charge in [0.15, 0.2) is 0 Å². The number of ether oxygens (including phenoxy) is 1. The fourth-order valence-electron chi connectivity index (χ4n) is 1.80. The van der Waals surface area contributed by atoms with E-state index in [-0.39, 0.29) is 5.56 Å². The van der Waals surface area contributed by atoms with Crippen LogP contribution in [0.4, 0.5) is 5.13 Å². The van der Waals surface area contributed by atoms with Gasteiger partial charge in [0.1, 0.15) is 11.3 Å². The summed E-state index contributed by atoms with van der Waals surface area (Å²) in [5, 5.41) is 9.97. The summed E-state index contributed by atoms with van der Waals surface area (Å²) in [6.45, 7) is 0. The van der Waals surface area contributed by atoms with Crippen molar-refractivity contribution in [2.45, 2.75) is 0 Å². The van der Waals surface area contributed by atoms with Crippen molar-refractivity contribution < 1.29 is 9.84 Å². The number of benzene rings is 1. The van der Waals surface area contributed by atoms with Crippen molar-refractivity contribution in [3.05, 3.63) is 44.6 Å². The van der Waals surface area contributed by atoms with E-state index in [1.54, 1.807) is 19.2 Å². The SMILES string of the molecule is COc1ccc2nc(/N=C/c3c(O)[nH]c(=O)[nH]c3=O)sc2c1. The summed E-state index contributed by atoms with van der Waals surface area (Å²) in [4.78, 5) is 35.0. The van der Waals surface area contributed by atoms with Gasteiger partial charge >= 0.3 is 5.69 Å². The smallest absolute Gasteiger partial charge is 0.328 e. The molecule has 8 nitrogen and oxygen atoms in total. The monoisotopic (exact) mass is 318 g/mol. The third-order valence-electron chi connectivity index (χ3n) is 2.85. The third-order valence-corrected chi connectivity index (χ3v) is 3.77. The summed E-state index contributed by atoms with van der Waals surface area (Å²) in [5.41, 5.74) is -0.909. The predicted octanol–water partition coefficient (Wildman–Crippen LogP) is 1.14. The Morgan fingerprint density at radius 1 is 1.36 bits per heavy atom. The van der Waals surface area contributed by atoms with Gasteiger partial charge in [0.2, 0.25) is 11.0 Å². The number of rotatable bonds is 3. The second-order valence-electron chi connectivity index (χ2n) is 4.26. The highest BCUT2D eigenvalue weighted by molar-refractivity contribution is 7.22. The van der Waals surface area contributed by atoms with Crippen LogP contribution in [0.25, 0.3) is 10.2 Å². The number of aromatic hydroxyl groups is 1. The summed E-state index contributed by atoms with van der Waals surface area (Å²) in [6, 6.07) is 5.41. The Kier molecular flexibility index (Phi) is 3.47. The van der Waals surface area contributed by atoms with Crippen molar-refractivity contribution in [3.63, 3.8) is 0 Å². The molecular weight excluding hydrogens is 308 g/mol. The molecule has 0 bridgehead atoms. The molecule has 22 heavy (non-hydrogen) atoms. The topological polar surface area (TPSA) is 120 Å². The lowest BCUT2D eigenvalue weighted by molar-refractivity contribution is 0.415. The van der Waals surface area contributed by atoms with E-state index in [9.17, 15) is 14.7 Å². The summed E-state index contributed by atoms with van der Waals surface area (Å²) < 4.78 is 6.01. The molecule has 0 aliphatic carbocycles. The fourth-order valence-corrected chi connectivity index (χ4v) is 2.64. The first-order valence-electron chi connectivity index (χ1n) is 6.11. The van der Waals surface area contributed by atoms with Gasteiger partial charge in [0.25, 0.3) is 5.56 Å². The van der Waals surface area contributed by atoms with Crippen molar-refractivity contribution in [1.82, 2.24) is 15.0 Å². The van der Waals surface area contributed by atoms with Gasteiger partial charge < -0.3 is 9.84 Å². The van der Waals surface area contributed by atoms with Gasteiger partial charge in [-0.2, -0.15) is 0 Å². The number of nitrogens with one attached hydrogen (secondary N) is 2. The second kappa shape index (κ2) is 5.45. The van der Waals surface area contributed by atoms with Gasteiger partial charge in [0.05, 0.1) is 17.3 Å². The van der Waals surface area contributed by atoms with E-state index in [1.165, 1.54) is 11.3 Å². The zero-order valence-corrected chi connectivity index (χ0v) is 12.1. The summed E-state index contributed by atoms with van der Waals surface area (Å²) in [7, 11) is 1.58. The summed E-state index contributed by atoms with van der Waals surface area (Å²) in [5.74, 6) is 0.168. The quantitative estimate of drug-likeness (QED) is 0.625. The number of aromatic amines is 2. The van der Waals surface area contributed by atoms with Crippen LogP contribution in [0.1, 0.15) is 5.56 Å². The lowest BCUT2D eigenvalue weighted by Crippen LogP contribution is -2.24. The van der Waals surface area contributed by atoms with Crippen molar-refractivity contribution in [3.8, 4) is 11.6 Å². The summed E-state index contributed by atoms with van der Waals surface area (Å²) >= 11 is 1.31. The normalized spacial score (nSPS) is 11.3.